The summed E-state index contributed by atoms with van der Waals surface area (Å²) in [5.41, 5.74) is 5.18. The van der Waals surface area contributed by atoms with Crippen molar-refractivity contribution < 1.29 is 13.2 Å². The van der Waals surface area contributed by atoms with Gasteiger partial charge in [0.15, 0.2) is 0 Å². The van der Waals surface area contributed by atoms with Crippen molar-refractivity contribution in [3.8, 4) is 0 Å². The second kappa shape index (κ2) is 7.97. The molecule has 0 saturated carbocycles. The first-order chi connectivity index (χ1) is 7.02. The van der Waals surface area contributed by atoms with Crippen LogP contribution >= 0.6 is 0 Å². The first-order valence-corrected chi connectivity index (χ1v) is 5.79. The molecule has 0 rings (SSSR count). The maximum absolute atomic E-state index is 12.4. The number of nitrogens with two attached hydrogens (primary N) is 1. The second-order valence-electron chi connectivity index (χ2n) is 4.02. The first kappa shape index (κ1) is 14.8. The van der Waals surface area contributed by atoms with Crippen LogP contribution in [0.5, 0.6) is 0 Å². The van der Waals surface area contributed by atoms with Crippen LogP contribution in [0.1, 0.15) is 51.9 Å². The highest BCUT2D eigenvalue weighted by Gasteiger charge is 2.37. The van der Waals surface area contributed by atoms with Crippen LogP contribution in [-0.4, -0.2) is 12.7 Å². The zero-order chi connectivity index (χ0) is 11.7. The van der Waals surface area contributed by atoms with Gasteiger partial charge >= 0.3 is 6.18 Å². The van der Waals surface area contributed by atoms with Gasteiger partial charge in [0, 0.05) is 0 Å². The fourth-order valence-electron chi connectivity index (χ4n) is 1.67. The molecular weight excluding hydrogens is 203 g/mol. The van der Waals surface area contributed by atoms with E-state index in [1.165, 1.54) is 0 Å². The molecule has 0 saturated heterocycles. The average molecular weight is 225 g/mol. The minimum atomic E-state index is -4.07. The summed E-state index contributed by atoms with van der Waals surface area (Å²) in [6, 6.07) is 0. The van der Waals surface area contributed by atoms with Crippen LogP contribution in [0.3, 0.4) is 0 Å². The van der Waals surface area contributed by atoms with E-state index < -0.39 is 12.1 Å². The monoisotopic (exact) mass is 225 g/mol. The Morgan fingerprint density at radius 3 is 2.07 bits per heavy atom. The highest BCUT2D eigenvalue weighted by molar-refractivity contribution is 4.68. The van der Waals surface area contributed by atoms with E-state index in [9.17, 15) is 13.2 Å². The normalized spacial score (nSPS) is 14.2. The number of alkyl halides is 3. The van der Waals surface area contributed by atoms with E-state index in [1.807, 2.05) is 0 Å². The molecular formula is C11H22F3N. The van der Waals surface area contributed by atoms with Gasteiger partial charge in [-0.1, -0.05) is 39.0 Å². The highest BCUT2D eigenvalue weighted by Crippen LogP contribution is 2.32. The largest absolute Gasteiger partial charge is 0.391 e. The summed E-state index contributed by atoms with van der Waals surface area (Å²) in [5.74, 6) is -1.19. The maximum atomic E-state index is 12.4. The van der Waals surface area contributed by atoms with Crippen molar-refractivity contribution >= 4 is 0 Å². The number of halogens is 3. The molecule has 15 heavy (non-hydrogen) atoms. The molecule has 0 aliphatic carbocycles. The van der Waals surface area contributed by atoms with Crippen molar-refractivity contribution in [1.29, 1.82) is 0 Å². The van der Waals surface area contributed by atoms with Gasteiger partial charge in [0.25, 0.3) is 0 Å². The molecule has 0 radical (unpaired) electrons. The van der Waals surface area contributed by atoms with Crippen LogP contribution in [0.25, 0.3) is 0 Å². The van der Waals surface area contributed by atoms with Gasteiger partial charge < -0.3 is 5.73 Å². The zero-order valence-electron chi connectivity index (χ0n) is 9.45. The minimum Gasteiger partial charge on any atom is -0.330 e. The van der Waals surface area contributed by atoms with Crippen LogP contribution in [0.15, 0.2) is 0 Å². The van der Waals surface area contributed by atoms with Gasteiger partial charge in [-0.25, -0.2) is 0 Å². The van der Waals surface area contributed by atoms with Gasteiger partial charge in [-0.2, -0.15) is 13.2 Å². The number of hydrogen-bond donors (Lipinski definition) is 1. The lowest BCUT2D eigenvalue weighted by Gasteiger charge is -2.19. The SMILES string of the molecule is CCCCCCCC(CCN)C(F)(F)F. The molecule has 1 nitrogen and oxygen atoms in total. The Morgan fingerprint density at radius 1 is 1.00 bits per heavy atom. The van der Waals surface area contributed by atoms with Crippen LogP contribution in [-0.2, 0) is 0 Å². The minimum absolute atomic E-state index is 0.0667. The second-order valence-corrected chi connectivity index (χ2v) is 4.02. The lowest BCUT2D eigenvalue weighted by atomic mass is 9.97. The molecule has 0 spiro atoms. The Bertz CT molecular complexity index is 145. The molecule has 92 valence electrons. The summed E-state index contributed by atoms with van der Waals surface area (Å²) in [7, 11) is 0. The Balaban J connectivity index is 3.67. The van der Waals surface area contributed by atoms with E-state index in [1.54, 1.807) is 0 Å². The van der Waals surface area contributed by atoms with Crippen LogP contribution < -0.4 is 5.73 Å². The number of hydrogen-bond acceptors (Lipinski definition) is 1. The van der Waals surface area contributed by atoms with E-state index in [0.29, 0.717) is 6.42 Å². The van der Waals surface area contributed by atoms with E-state index in [0.717, 1.165) is 25.7 Å². The maximum Gasteiger partial charge on any atom is 0.391 e. The molecule has 0 aromatic rings. The van der Waals surface area contributed by atoms with Crippen LogP contribution in [0.4, 0.5) is 13.2 Å². The Morgan fingerprint density at radius 2 is 1.60 bits per heavy atom. The molecule has 1 unspecified atom stereocenters. The molecule has 0 aliphatic rings. The van der Waals surface area contributed by atoms with E-state index in [-0.39, 0.29) is 19.4 Å². The van der Waals surface area contributed by atoms with Crippen molar-refractivity contribution in [2.75, 3.05) is 6.54 Å². The molecule has 0 aromatic carbocycles. The van der Waals surface area contributed by atoms with E-state index >= 15 is 0 Å². The van der Waals surface area contributed by atoms with Gasteiger partial charge in [0.2, 0.25) is 0 Å². The Hall–Kier alpha value is -0.250. The third-order valence-corrected chi connectivity index (χ3v) is 2.63. The third kappa shape index (κ3) is 7.65. The molecule has 0 aromatic heterocycles. The van der Waals surface area contributed by atoms with Crippen molar-refractivity contribution in [3.63, 3.8) is 0 Å². The molecule has 0 amide bonds. The van der Waals surface area contributed by atoms with Crippen molar-refractivity contribution in [2.24, 2.45) is 11.7 Å². The summed E-state index contributed by atoms with van der Waals surface area (Å²) in [4.78, 5) is 0. The molecule has 0 aliphatic heterocycles. The Kier molecular flexibility index (Phi) is 7.83. The topological polar surface area (TPSA) is 26.0 Å². The standard InChI is InChI=1S/C11H22F3N/c1-2-3-4-5-6-7-10(8-9-15)11(12,13)14/h10H,2-9,15H2,1H3. The third-order valence-electron chi connectivity index (χ3n) is 2.63. The lowest BCUT2D eigenvalue weighted by Crippen LogP contribution is -2.25. The van der Waals surface area contributed by atoms with E-state index in [2.05, 4.69) is 6.92 Å². The van der Waals surface area contributed by atoms with Gasteiger partial charge in [0.05, 0.1) is 5.92 Å². The first-order valence-electron chi connectivity index (χ1n) is 5.79. The van der Waals surface area contributed by atoms with Gasteiger partial charge in [-0.15, -0.1) is 0 Å². The molecule has 0 heterocycles. The number of rotatable bonds is 8. The number of unbranched alkanes of at least 4 members (excludes halogenated alkanes) is 4. The molecule has 1 atom stereocenters. The van der Waals surface area contributed by atoms with Crippen LogP contribution in [0.2, 0.25) is 0 Å². The molecule has 2 N–H and O–H groups in total. The highest BCUT2D eigenvalue weighted by atomic mass is 19.4. The molecule has 4 heteroatoms. The summed E-state index contributed by atoms with van der Waals surface area (Å²) >= 11 is 0. The van der Waals surface area contributed by atoms with Crippen LogP contribution in [0, 0.1) is 5.92 Å². The van der Waals surface area contributed by atoms with Crippen molar-refractivity contribution in [2.45, 2.75) is 58.0 Å². The summed E-state index contributed by atoms with van der Waals surface area (Å²) < 4.78 is 37.3. The quantitative estimate of drug-likeness (QED) is 0.623. The smallest absolute Gasteiger partial charge is 0.330 e. The fraction of sp³-hybridized carbons (Fsp3) is 1.00. The Labute approximate surface area is 90.2 Å². The predicted molar refractivity (Wildman–Crippen MR) is 56.6 cm³/mol. The fourth-order valence-corrected chi connectivity index (χ4v) is 1.67. The lowest BCUT2D eigenvalue weighted by molar-refractivity contribution is -0.177. The van der Waals surface area contributed by atoms with Crippen molar-refractivity contribution in [1.82, 2.24) is 0 Å². The van der Waals surface area contributed by atoms with Gasteiger partial charge in [-0.05, 0) is 19.4 Å². The zero-order valence-corrected chi connectivity index (χ0v) is 9.45. The van der Waals surface area contributed by atoms with Gasteiger partial charge in [0.1, 0.15) is 0 Å². The van der Waals surface area contributed by atoms with E-state index in [4.69, 9.17) is 5.73 Å². The summed E-state index contributed by atoms with van der Waals surface area (Å²) in [6.07, 6.45) is 1.10. The van der Waals surface area contributed by atoms with Crippen molar-refractivity contribution in [3.05, 3.63) is 0 Å². The predicted octanol–water partition coefficient (Wildman–Crippen LogP) is 3.87. The summed E-state index contributed by atoms with van der Waals surface area (Å²) in [6.45, 7) is 2.21. The van der Waals surface area contributed by atoms with Gasteiger partial charge in [-0.3, -0.25) is 0 Å². The molecule has 0 bridgehead atoms. The summed E-state index contributed by atoms with van der Waals surface area (Å²) in [5, 5.41) is 0. The average Bonchev–Trinajstić information content (AvgIpc) is 2.14. The molecule has 0 fully saturated rings.